The lowest BCUT2D eigenvalue weighted by atomic mass is 10.2. The van der Waals surface area contributed by atoms with E-state index in [0.29, 0.717) is 0 Å². The number of thioether (sulfide) groups is 1. The van der Waals surface area contributed by atoms with E-state index in [2.05, 4.69) is 31.2 Å². The molecule has 0 fully saturated rings. The van der Waals surface area contributed by atoms with Crippen LogP contribution >= 0.6 is 11.8 Å². The average Bonchev–Trinajstić information content (AvgIpc) is 2.03. The van der Waals surface area contributed by atoms with Crippen molar-refractivity contribution in [3.8, 4) is 0 Å². The Morgan fingerprint density at radius 3 is 2.42 bits per heavy atom. The molecule has 1 rings (SSSR count). The van der Waals surface area contributed by atoms with Crippen molar-refractivity contribution in [3.63, 3.8) is 0 Å². The number of rotatable bonds is 3. The van der Waals surface area contributed by atoms with Gasteiger partial charge in [-0.15, -0.1) is 11.8 Å². The van der Waals surface area contributed by atoms with Crippen LogP contribution in [0, 0.1) is 6.92 Å². The molecule has 0 spiro atoms. The highest BCUT2D eigenvalue weighted by Gasteiger charge is 1.97. The molecule has 0 radical (unpaired) electrons. The van der Waals surface area contributed by atoms with E-state index < -0.39 is 0 Å². The minimum Gasteiger partial charge on any atom is -0.393 e. The first-order chi connectivity index (χ1) is 5.68. The van der Waals surface area contributed by atoms with Crippen LogP contribution in [0.25, 0.3) is 0 Å². The maximum atomic E-state index is 9.05. The van der Waals surface area contributed by atoms with Gasteiger partial charge in [-0.2, -0.15) is 0 Å². The Morgan fingerprint density at radius 2 is 1.92 bits per heavy atom. The number of aliphatic hydroxyl groups excluding tert-OH is 1. The third kappa shape index (κ3) is 3.28. The molecule has 0 saturated heterocycles. The fraction of sp³-hybridized carbons (Fsp3) is 0.400. The van der Waals surface area contributed by atoms with E-state index in [9.17, 15) is 0 Å². The van der Waals surface area contributed by atoms with Gasteiger partial charge >= 0.3 is 0 Å². The summed E-state index contributed by atoms with van der Waals surface area (Å²) in [6.07, 6.45) is -0.226. The molecule has 0 aromatic heterocycles. The van der Waals surface area contributed by atoms with Crippen molar-refractivity contribution in [1.29, 1.82) is 0 Å². The minimum atomic E-state index is -0.226. The zero-order valence-corrected chi connectivity index (χ0v) is 8.27. The van der Waals surface area contributed by atoms with Crippen molar-refractivity contribution in [2.45, 2.75) is 24.8 Å². The molecule has 1 atom stereocenters. The molecule has 1 nitrogen and oxygen atoms in total. The standard InChI is InChI=1S/C10H14OS/c1-8-3-5-10(6-4-8)12-7-9(2)11/h3-6,9,11H,7H2,1-2H3/t9-/m1/s1. The highest BCUT2D eigenvalue weighted by Crippen LogP contribution is 2.18. The molecule has 0 aliphatic rings. The second-order valence-electron chi connectivity index (χ2n) is 2.97. The van der Waals surface area contributed by atoms with Crippen molar-refractivity contribution in [2.24, 2.45) is 0 Å². The van der Waals surface area contributed by atoms with E-state index in [1.54, 1.807) is 18.7 Å². The SMILES string of the molecule is Cc1ccc(SC[C@@H](C)O)cc1. The zero-order chi connectivity index (χ0) is 8.97. The van der Waals surface area contributed by atoms with E-state index >= 15 is 0 Å². The lowest BCUT2D eigenvalue weighted by Crippen LogP contribution is -2.01. The first kappa shape index (κ1) is 9.62. The number of aryl methyl sites for hydroxylation is 1. The minimum absolute atomic E-state index is 0.226. The molecular formula is C10H14OS. The predicted molar refractivity (Wildman–Crippen MR) is 53.6 cm³/mol. The van der Waals surface area contributed by atoms with Gasteiger partial charge in [0.05, 0.1) is 6.10 Å². The fourth-order valence-corrected chi connectivity index (χ4v) is 1.61. The molecule has 0 heterocycles. The smallest absolute Gasteiger partial charge is 0.0606 e. The monoisotopic (exact) mass is 182 g/mol. The van der Waals surface area contributed by atoms with Gasteiger partial charge < -0.3 is 5.11 Å². The van der Waals surface area contributed by atoms with Crippen LogP contribution in [0.1, 0.15) is 12.5 Å². The summed E-state index contributed by atoms with van der Waals surface area (Å²) in [5.74, 6) is 0.767. The summed E-state index contributed by atoms with van der Waals surface area (Å²) >= 11 is 1.69. The number of hydrogen-bond acceptors (Lipinski definition) is 2. The van der Waals surface area contributed by atoms with Crippen LogP contribution in [0.4, 0.5) is 0 Å². The molecule has 66 valence electrons. The molecule has 0 amide bonds. The first-order valence-electron chi connectivity index (χ1n) is 4.06. The highest BCUT2D eigenvalue weighted by molar-refractivity contribution is 7.99. The summed E-state index contributed by atoms with van der Waals surface area (Å²) in [5, 5.41) is 9.05. The summed E-state index contributed by atoms with van der Waals surface area (Å²) < 4.78 is 0. The fourth-order valence-electron chi connectivity index (χ4n) is 0.851. The Labute approximate surface area is 77.8 Å². The maximum Gasteiger partial charge on any atom is 0.0606 e. The summed E-state index contributed by atoms with van der Waals surface area (Å²) in [7, 11) is 0. The molecule has 0 bridgehead atoms. The topological polar surface area (TPSA) is 20.2 Å². The van der Waals surface area contributed by atoms with Gasteiger partial charge in [0.15, 0.2) is 0 Å². The maximum absolute atomic E-state index is 9.05. The third-order valence-corrected chi connectivity index (χ3v) is 2.77. The molecule has 1 aromatic carbocycles. The van der Waals surface area contributed by atoms with Crippen molar-refractivity contribution >= 4 is 11.8 Å². The van der Waals surface area contributed by atoms with E-state index in [-0.39, 0.29) is 6.10 Å². The van der Waals surface area contributed by atoms with Crippen LogP contribution in [0.15, 0.2) is 29.2 Å². The van der Waals surface area contributed by atoms with Gasteiger partial charge in [-0.25, -0.2) is 0 Å². The second-order valence-corrected chi connectivity index (χ2v) is 4.07. The zero-order valence-electron chi connectivity index (χ0n) is 7.45. The van der Waals surface area contributed by atoms with Crippen molar-refractivity contribution in [2.75, 3.05) is 5.75 Å². The Kier molecular flexibility index (Phi) is 3.63. The van der Waals surface area contributed by atoms with E-state index in [4.69, 9.17) is 5.11 Å². The molecular weight excluding hydrogens is 168 g/mol. The van der Waals surface area contributed by atoms with Gasteiger partial charge in [0.1, 0.15) is 0 Å². The molecule has 0 aliphatic carbocycles. The summed E-state index contributed by atoms with van der Waals surface area (Å²) in [6, 6.07) is 8.35. The quantitative estimate of drug-likeness (QED) is 0.725. The molecule has 0 unspecified atom stereocenters. The Morgan fingerprint density at radius 1 is 1.33 bits per heavy atom. The molecule has 2 heteroatoms. The van der Waals surface area contributed by atoms with E-state index in [0.717, 1.165) is 5.75 Å². The summed E-state index contributed by atoms with van der Waals surface area (Å²) in [5.41, 5.74) is 1.27. The van der Waals surface area contributed by atoms with Gasteiger partial charge in [0.2, 0.25) is 0 Å². The third-order valence-electron chi connectivity index (χ3n) is 1.51. The van der Waals surface area contributed by atoms with Gasteiger partial charge in [-0.3, -0.25) is 0 Å². The largest absolute Gasteiger partial charge is 0.393 e. The highest BCUT2D eigenvalue weighted by atomic mass is 32.2. The second kappa shape index (κ2) is 4.53. The van der Waals surface area contributed by atoms with E-state index in [1.165, 1.54) is 10.5 Å². The van der Waals surface area contributed by atoms with Crippen LogP contribution in [0.5, 0.6) is 0 Å². The Bertz CT molecular complexity index is 228. The van der Waals surface area contributed by atoms with Crippen molar-refractivity contribution in [1.82, 2.24) is 0 Å². The Hall–Kier alpha value is -0.470. The number of benzene rings is 1. The van der Waals surface area contributed by atoms with Gasteiger partial charge in [-0.1, -0.05) is 17.7 Å². The van der Waals surface area contributed by atoms with Gasteiger partial charge in [0, 0.05) is 10.6 Å². The van der Waals surface area contributed by atoms with Gasteiger partial charge in [-0.05, 0) is 26.0 Å². The molecule has 1 aromatic rings. The molecule has 0 aliphatic heterocycles. The lowest BCUT2D eigenvalue weighted by molar-refractivity contribution is 0.220. The average molecular weight is 182 g/mol. The first-order valence-corrected chi connectivity index (χ1v) is 5.04. The lowest BCUT2D eigenvalue weighted by Gasteiger charge is -2.03. The van der Waals surface area contributed by atoms with Gasteiger partial charge in [0.25, 0.3) is 0 Å². The van der Waals surface area contributed by atoms with Crippen molar-refractivity contribution < 1.29 is 5.11 Å². The molecule has 12 heavy (non-hydrogen) atoms. The molecule has 0 saturated carbocycles. The summed E-state index contributed by atoms with van der Waals surface area (Å²) in [4.78, 5) is 1.22. The van der Waals surface area contributed by atoms with E-state index in [1.807, 2.05) is 0 Å². The van der Waals surface area contributed by atoms with Crippen LogP contribution in [-0.4, -0.2) is 17.0 Å². The number of aliphatic hydroxyl groups is 1. The predicted octanol–water partition coefficient (Wildman–Crippen LogP) is 2.47. The summed E-state index contributed by atoms with van der Waals surface area (Å²) in [6.45, 7) is 3.88. The number of hydrogen-bond donors (Lipinski definition) is 1. The molecule has 1 N–H and O–H groups in total. The van der Waals surface area contributed by atoms with Crippen LogP contribution in [0.2, 0.25) is 0 Å². The van der Waals surface area contributed by atoms with Crippen molar-refractivity contribution in [3.05, 3.63) is 29.8 Å². The van der Waals surface area contributed by atoms with Crippen LogP contribution < -0.4 is 0 Å². The van der Waals surface area contributed by atoms with Crippen LogP contribution in [-0.2, 0) is 0 Å². The Balaban J connectivity index is 2.48. The normalized spacial score (nSPS) is 12.9. The van der Waals surface area contributed by atoms with Crippen LogP contribution in [0.3, 0.4) is 0 Å².